The zero-order chi connectivity index (χ0) is 13.5. The first-order valence-electron chi connectivity index (χ1n) is 5.93. The summed E-state index contributed by atoms with van der Waals surface area (Å²) in [7, 11) is 0. The van der Waals surface area contributed by atoms with E-state index in [0.717, 1.165) is 17.9 Å². The molecule has 0 saturated carbocycles. The fraction of sp³-hybridized carbons (Fsp3) is 0.231. The molecule has 1 heterocycles. The van der Waals surface area contributed by atoms with Crippen LogP contribution in [0, 0.1) is 0 Å². The number of hydrogen-bond donors (Lipinski definition) is 3. The standard InChI is InChI=1S/C13H16N4OS/c1-19-9-7-10-2-4-11(5-3-10)15-13(18)16-12-6-8-14-17-12/h2-6,8H,7,9H2,1H3,(H3,14,15,16,17,18). The molecule has 0 aliphatic rings. The van der Waals surface area contributed by atoms with Gasteiger partial charge in [-0.3, -0.25) is 10.4 Å². The number of aromatic amines is 1. The Morgan fingerprint density at radius 2 is 2.05 bits per heavy atom. The number of thioether (sulfide) groups is 1. The zero-order valence-corrected chi connectivity index (χ0v) is 11.5. The van der Waals surface area contributed by atoms with Crippen molar-refractivity contribution in [3.63, 3.8) is 0 Å². The predicted molar refractivity (Wildman–Crippen MR) is 79.8 cm³/mol. The Morgan fingerprint density at radius 3 is 2.68 bits per heavy atom. The molecular formula is C13H16N4OS. The molecule has 2 amide bonds. The quantitative estimate of drug-likeness (QED) is 0.786. The molecule has 0 spiro atoms. The van der Waals surface area contributed by atoms with Crippen LogP contribution in [0.3, 0.4) is 0 Å². The number of urea groups is 1. The number of hydrogen-bond acceptors (Lipinski definition) is 3. The Labute approximate surface area is 116 Å². The molecule has 0 bridgehead atoms. The second-order valence-electron chi connectivity index (χ2n) is 3.99. The van der Waals surface area contributed by atoms with E-state index in [1.807, 2.05) is 36.0 Å². The smallest absolute Gasteiger partial charge is 0.308 e. The van der Waals surface area contributed by atoms with Gasteiger partial charge in [0.15, 0.2) is 0 Å². The highest BCUT2D eigenvalue weighted by molar-refractivity contribution is 7.98. The lowest BCUT2D eigenvalue weighted by Gasteiger charge is -2.07. The highest BCUT2D eigenvalue weighted by Crippen LogP contribution is 2.12. The van der Waals surface area contributed by atoms with E-state index < -0.39 is 0 Å². The maximum Gasteiger partial charge on any atom is 0.324 e. The number of anilines is 2. The number of carbonyl (C=O) groups is 1. The van der Waals surface area contributed by atoms with Gasteiger partial charge in [-0.25, -0.2) is 4.79 Å². The summed E-state index contributed by atoms with van der Waals surface area (Å²) >= 11 is 1.82. The molecule has 1 aromatic heterocycles. The van der Waals surface area contributed by atoms with Crippen LogP contribution in [0.2, 0.25) is 0 Å². The van der Waals surface area contributed by atoms with Gasteiger partial charge in [-0.05, 0) is 36.1 Å². The molecule has 0 aliphatic carbocycles. The van der Waals surface area contributed by atoms with Crippen LogP contribution < -0.4 is 10.6 Å². The molecule has 6 heteroatoms. The molecule has 0 aliphatic heterocycles. The molecule has 0 unspecified atom stereocenters. The van der Waals surface area contributed by atoms with Crippen LogP contribution in [0.4, 0.5) is 16.3 Å². The predicted octanol–water partition coefficient (Wildman–Crippen LogP) is 2.96. The van der Waals surface area contributed by atoms with Crippen molar-refractivity contribution in [2.75, 3.05) is 22.6 Å². The number of rotatable bonds is 5. The van der Waals surface area contributed by atoms with E-state index in [1.165, 1.54) is 5.56 Å². The summed E-state index contributed by atoms with van der Waals surface area (Å²) in [6.45, 7) is 0. The lowest BCUT2D eigenvalue weighted by atomic mass is 10.1. The van der Waals surface area contributed by atoms with Crippen molar-refractivity contribution < 1.29 is 4.79 Å². The summed E-state index contributed by atoms with van der Waals surface area (Å²) in [6, 6.07) is 9.26. The minimum Gasteiger partial charge on any atom is -0.308 e. The Morgan fingerprint density at radius 1 is 1.26 bits per heavy atom. The van der Waals surface area contributed by atoms with Gasteiger partial charge in [-0.15, -0.1) is 0 Å². The summed E-state index contributed by atoms with van der Waals surface area (Å²) < 4.78 is 0. The van der Waals surface area contributed by atoms with Gasteiger partial charge in [0.1, 0.15) is 5.82 Å². The van der Waals surface area contributed by atoms with Crippen molar-refractivity contribution in [3.05, 3.63) is 42.1 Å². The first kappa shape index (κ1) is 13.5. The van der Waals surface area contributed by atoms with Crippen molar-refractivity contribution in [2.24, 2.45) is 0 Å². The van der Waals surface area contributed by atoms with Crippen molar-refractivity contribution in [2.45, 2.75) is 6.42 Å². The van der Waals surface area contributed by atoms with E-state index in [2.05, 4.69) is 27.1 Å². The SMILES string of the molecule is CSCCc1ccc(NC(=O)Nc2ccn[nH]2)cc1. The molecule has 0 fully saturated rings. The first-order chi connectivity index (χ1) is 9.28. The van der Waals surface area contributed by atoms with E-state index in [4.69, 9.17) is 0 Å². The third-order valence-electron chi connectivity index (χ3n) is 2.56. The third-order valence-corrected chi connectivity index (χ3v) is 3.17. The van der Waals surface area contributed by atoms with Gasteiger partial charge in [0.2, 0.25) is 0 Å². The van der Waals surface area contributed by atoms with Crippen molar-refractivity contribution >= 4 is 29.3 Å². The molecule has 0 saturated heterocycles. The second-order valence-corrected chi connectivity index (χ2v) is 4.97. The van der Waals surface area contributed by atoms with E-state index >= 15 is 0 Å². The lowest BCUT2D eigenvalue weighted by molar-refractivity contribution is 0.262. The normalized spacial score (nSPS) is 10.2. The maximum absolute atomic E-state index is 11.7. The van der Waals surface area contributed by atoms with E-state index in [-0.39, 0.29) is 6.03 Å². The molecule has 5 nitrogen and oxygen atoms in total. The average molecular weight is 276 g/mol. The molecule has 0 atom stereocenters. The number of aryl methyl sites for hydroxylation is 1. The minimum atomic E-state index is -0.291. The molecule has 3 N–H and O–H groups in total. The Kier molecular flexibility index (Phi) is 4.85. The Bertz CT molecular complexity index is 510. The zero-order valence-electron chi connectivity index (χ0n) is 10.6. The Balaban J connectivity index is 1.86. The highest BCUT2D eigenvalue weighted by atomic mass is 32.2. The number of nitrogens with zero attached hydrogens (tertiary/aromatic N) is 1. The monoisotopic (exact) mass is 276 g/mol. The van der Waals surface area contributed by atoms with Crippen molar-refractivity contribution in [3.8, 4) is 0 Å². The van der Waals surface area contributed by atoms with Gasteiger partial charge in [-0.2, -0.15) is 16.9 Å². The number of aromatic nitrogens is 2. The molecule has 1 aromatic carbocycles. The van der Waals surface area contributed by atoms with Crippen LogP contribution in [0.5, 0.6) is 0 Å². The Hall–Kier alpha value is -1.95. The van der Waals surface area contributed by atoms with Crippen LogP contribution in [0.15, 0.2) is 36.5 Å². The summed E-state index contributed by atoms with van der Waals surface area (Å²) in [5, 5.41) is 11.8. The number of H-pyrrole nitrogens is 1. The van der Waals surface area contributed by atoms with Crippen LogP contribution in [-0.4, -0.2) is 28.2 Å². The van der Waals surface area contributed by atoms with E-state index in [0.29, 0.717) is 5.82 Å². The summed E-state index contributed by atoms with van der Waals surface area (Å²) in [6.07, 6.45) is 4.72. The van der Waals surface area contributed by atoms with Gasteiger partial charge in [0.25, 0.3) is 0 Å². The molecule has 2 aromatic rings. The average Bonchev–Trinajstić information content (AvgIpc) is 2.90. The fourth-order valence-corrected chi connectivity index (χ4v) is 2.02. The van der Waals surface area contributed by atoms with Crippen LogP contribution in [0.25, 0.3) is 0 Å². The molecule has 19 heavy (non-hydrogen) atoms. The van der Waals surface area contributed by atoms with Crippen molar-refractivity contribution in [1.82, 2.24) is 10.2 Å². The van der Waals surface area contributed by atoms with Gasteiger partial charge < -0.3 is 5.32 Å². The fourth-order valence-electron chi connectivity index (χ4n) is 1.58. The van der Waals surface area contributed by atoms with Gasteiger partial charge in [0, 0.05) is 11.8 Å². The lowest BCUT2D eigenvalue weighted by Crippen LogP contribution is -2.19. The van der Waals surface area contributed by atoms with Crippen LogP contribution in [-0.2, 0) is 6.42 Å². The maximum atomic E-state index is 11.7. The van der Waals surface area contributed by atoms with Crippen molar-refractivity contribution in [1.29, 1.82) is 0 Å². The second kappa shape index (κ2) is 6.84. The van der Waals surface area contributed by atoms with Crippen LogP contribution >= 0.6 is 11.8 Å². The minimum absolute atomic E-state index is 0.291. The largest absolute Gasteiger partial charge is 0.324 e. The highest BCUT2D eigenvalue weighted by Gasteiger charge is 2.03. The van der Waals surface area contributed by atoms with Crippen LogP contribution in [0.1, 0.15) is 5.56 Å². The summed E-state index contributed by atoms with van der Waals surface area (Å²) in [5.74, 6) is 1.67. The number of amides is 2. The molecule has 100 valence electrons. The summed E-state index contributed by atoms with van der Waals surface area (Å²) in [4.78, 5) is 11.7. The van der Waals surface area contributed by atoms with Gasteiger partial charge >= 0.3 is 6.03 Å². The van der Waals surface area contributed by atoms with Gasteiger partial charge in [0.05, 0.1) is 6.20 Å². The first-order valence-corrected chi connectivity index (χ1v) is 7.32. The molecular weight excluding hydrogens is 260 g/mol. The summed E-state index contributed by atoms with van der Waals surface area (Å²) in [5.41, 5.74) is 2.04. The number of benzene rings is 1. The molecule has 0 radical (unpaired) electrons. The number of carbonyl (C=O) groups excluding carboxylic acids is 1. The topological polar surface area (TPSA) is 69.8 Å². The number of nitrogens with one attached hydrogen (secondary N) is 3. The van der Waals surface area contributed by atoms with E-state index in [9.17, 15) is 4.79 Å². The molecule has 2 rings (SSSR count). The van der Waals surface area contributed by atoms with E-state index in [1.54, 1.807) is 12.3 Å². The van der Waals surface area contributed by atoms with Gasteiger partial charge in [-0.1, -0.05) is 12.1 Å². The third kappa shape index (κ3) is 4.33.